The van der Waals surface area contributed by atoms with E-state index >= 15 is 0 Å². The van der Waals surface area contributed by atoms with Gasteiger partial charge in [-0.2, -0.15) is 5.26 Å². The molecule has 0 aliphatic carbocycles. The highest BCUT2D eigenvalue weighted by molar-refractivity contribution is 5.99. The summed E-state index contributed by atoms with van der Waals surface area (Å²) in [7, 11) is 0. The van der Waals surface area contributed by atoms with Crippen molar-refractivity contribution in [2.24, 2.45) is 4.99 Å². The summed E-state index contributed by atoms with van der Waals surface area (Å²) >= 11 is 0. The maximum Gasteiger partial charge on any atom is 0.233 e. The molecule has 2 aliphatic rings. The Kier molecular flexibility index (Phi) is 4.09. The predicted octanol–water partition coefficient (Wildman–Crippen LogP) is 3.43. The van der Waals surface area contributed by atoms with Gasteiger partial charge in [-0.3, -0.25) is 0 Å². The first-order valence-electron chi connectivity index (χ1n) is 8.22. The molecule has 5 nitrogen and oxygen atoms in total. The highest BCUT2D eigenvalue weighted by Crippen LogP contribution is 2.30. The normalized spacial score (nSPS) is 21.2. The Morgan fingerprint density at radius 2 is 1.76 bits per heavy atom. The van der Waals surface area contributed by atoms with Crippen molar-refractivity contribution < 1.29 is 9.47 Å². The van der Waals surface area contributed by atoms with E-state index in [1.807, 2.05) is 65.6 Å². The largest absolute Gasteiger partial charge is 0.476 e. The molecule has 1 atom stereocenters. The molecule has 0 amide bonds. The number of rotatable bonds is 3. The van der Waals surface area contributed by atoms with Crippen LogP contribution in [0.5, 0.6) is 0 Å². The summed E-state index contributed by atoms with van der Waals surface area (Å²) in [5, 5.41) is 9.69. The third kappa shape index (κ3) is 2.94. The quantitative estimate of drug-likeness (QED) is 0.809. The number of para-hydroxylation sites is 1. The molecule has 0 saturated carbocycles. The summed E-state index contributed by atoms with van der Waals surface area (Å²) in [5.41, 5.74) is 2.41. The van der Waals surface area contributed by atoms with Crippen LogP contribution in [0.15, 0.2) is 77.1 Å². The maximum absolute atomic E-state index is 9.69. The lowest BCUT2D eigenvalue weighted by Crippen LogP contribution is -2.20. The van der Waals surface area contributed by atoms with Gasteiger partial charge in [-0.05, 0) is 17.7 Å². The van der Waals surface area contributed by atoms with Gasteiger partial charge in [0.15, 0.2) is 5.57 Å². The van der Waals surface area contributed by atoms with Gasteiger partial charge in [-0.1, -0.05) is 48.5 Å². The predicted molar refractivity (Wildman–Crippen MR) is 94.9 cm³/mol. The van der Waals surface area contributed by atoms with Crippen LogP contribution >= 0.6 is 0 Å². The fraction of sp³-hybridized carbons (Fsp3) is 0.200. The molecule has 0 N–H and O–H groups in total. The molecule has 2 aromatic carbocycles. The first-order chi connectivity index (χ1) is 12.4. The summed E-state index contributed by atoms with van der Waals surface area (Å²) in [6.45, 7) is 1.66. The van der Waals surface area contributed by atoms with Gasteiger partial charge in [0.05, 0.1) is 6.54 Å². The van der Waals surface area contributed by atoms with Gasteiger partial charge >= 0.3 is 0 Å². The number of ether oxygens (including phenoxy) is 2. The minimum absolute atomic E-state index is 0.0910. The van der Waals surface area contributed by atoms with E-state index in [1.54, 1.807) is 0 Å². The SMILES string of the molecule is N#C/C(C1=N[C@H](c2ccccc2)CO1)=C1/OCCN1c1ccccc1. The van der Waals surface area contributed by atoms with Crippen LogP contribution in [0.1, 0.15) is 11.6 Å². The lowest BCUT2D eigenvalue weighted by atomic mass is 10.1. The van der Waals surface area contributed by atoms with Crippen LogP contribution in [0.4, 0.5) is 5.69 Å². The summed E-state index contributed by atoms with van der Waals surface area (Å²) in [5.74, 6) is 0.871. The van der Waals surface area contributed by atoms with Crippen LogP contribution in [0.3, 0.4) is 0 Å². The second-order valence-electron chi connectivity index (χ2n) is 5.80. The third-order valence-corrected chi connectivity index (χ3v) is 4.24. The Balaban J connectivity index is 1.68. The van der Waals surface area contributed by atoms with Gasteiger partial charge in [0.2, 0.25) is 11.8 Å². The summed E-state index contributed by atoms with van der Waals surface area (Å²) in [6, 6.07) is 22.0. The molecule has 2 heterocycles. The summed E-state index contributed by atoms with van der Waals surface area (Å²) in [4.78, 5) is 6.60. The van der Waals surface area contributed by atoms with Crippen molar-refractivity contribution in [3.8, 4) is 6.07 Å². The number of anilines is 1. The minimum Gasteiger partial charge on any atom is -0.476 e. The van der Waals surface area contributed by atoms with Crippen molar-refractivity contribution in [2.75, 3.05) is 24.7 Å². The first-order valence-corrected chi connectivity index (χ1v) is 8.22. The number of nitrogens with zero attached hydrogens (tertiary/aromatic N) is 3. The minimum atomic E-state index is -0.0910. The van der Waals surface area contributed by atoms with Crippen molar-refractivity contribution >= 4 is 11.6 Å². The van der Waals surface area contributed by atoms with Crippen LogP contribution in [0.25, 0.3) is 0 Å². The van der Waals surface area contributed by atoms with Crippen molar-refractivity contribution in [1.82, 2.24) is 0 Å². The molecule has 0 bridgehead atoms. The van der Waals surface area contributed by atoms with E-state index in [-0.39, 0.29) is 6.04 Å². The highest BCUT2D eigenvalue weighted by Gasteiger charge is 2.31. The second kappa shape index (κ2) is 6.70. The van der Waals surface area contributed by atoms with Crippen LogP contribution in [-0.4, -0.2) is 25.7 Å². The molecule has 0 spiro atoms. The van der Waals surface area contributed by atoms with Crippen molar-refractivity contribution in [3.05, 3.63) is 77.7 Å². The number of hydrogen-bond donors (Lipinski definition) is 0. The Bertz CT molecular complexity index is 854. The molecule has 1 saturated heterocycles. The van der Waals surface area contributed by atoms with Gasteiger partial charge < -0.3 is 14.4 Å². The third-order valence-electron chi connectivity index (χ3n) is 4.24. The van der Waals surface area contributed by atoms with Gasteiger partial charge in [-0.25, -0.2) is 4.99 Å². The maximum atomic E-state index is 9.69. The highest BCUT2D eigenvalue weighted by atomic mass is 16.5. The molecule has 4 rings (SSSR count). The van der Waals surface area contributed by atoms with E-state index in [0.717, 1.165) is 11.3 Å². The zero-order valence-corrected chi connectivity index (χ0v) is 13.6. The van der Waals surface area contributed by atoms with Crippen LogP contribution < -0.4 is 4.90 Å². The molecule has 0 aromatic heterocycles. The summed E-state index contributed by atoms with van der Waals surface area (Å²) < 4.78 is 11.5. The first kappa shape index (κ1) is 15.3. The molecular formula is C20H17N3O2. The Morgan fingerprint density at radius 1 is 1.04 bits per heavy atom. The Morgan fingerprint density at radius 3 is 2.48 bits per heavy atom. The standard InChI is InChI=1S/C20H17N3O2/c21-13-17(19-22-18(14-25-19)15-7-3-1-4-8-15)20-23(11-12-24-20)16-9-5-2-6-10-16/h1-10,18H,11-12,14H2/b20-17-/t18-/m0/s1. The number of nitriles is 1. The van der Waals surface area contributed by atoms with Gasteiger partial charge in [0.1, 0.15) is 25.3 Å². The fourth-order valence-corrected chi connectivity index (χ4v) is 3.02. The average molecular weight is 331 g/mol. The van der Waals surface area contributed by atoms with Crippen LogP contribution in [0, 0.1) is 11.3 Å². The van der Waals surface area contributed by atoms with Gasteiger partial charge in [-0.15, -0.1) is 0 Å². The summed E-state index contributed by atoms with van der Waals surface area (Å²) in [6.07, 6.45) is 0. The monoisotopic (exact) mass is 331 g/mol. The van der Waals surface area contributed by atoms with E-state index in [1.165, 1.54) is 0 Å². The lowest BCUT2D eigenvalue weighted by Gasteiger charge is -2.18. The van der Waals surface area contributed by atoms with Crippen LogP contribution in [0.2, 0.25) is 0 Å². The number of aliphatic imine (C=N–C) groups is 1. The van der Waals surface area contributed by atoms with E-state index < -0.39 is 0 Å². The van der Waals surface area contributed by atoms with Crippen molar-refractivity contribution in [3.63, 3.8) is 0 Å². The molecule has 0 unspecified atom stereocenters. The van der Waals surface area contributed by atoms with Crippen LogP contribution in [-0.2, 0) is 9.47 Å². The zero-order valence-electron chi connectivity index (χ0n) is 13.6. The molecular weight excluding hydrogens is 314 g/mol. The van der Waals surface area contributed by atoms with E-state index in [4.69, 9.17) is 9.47 Å². The Labute approximate surface area is 146 Å². The number of hydrogen-bond acceptors (Lipinski definition) is 5. The molecule has 5 heteroatoms. The molecule has 25 heavy (non-hydrogen) atoms. The number of benzene rings is 2. The van der Waals surface area contributed by atoms with Crippen molar-refractivity contribution in [2.45, 2.75) is 6.04 Å². The molecule has 0 radical (unpaired) electrons. The van der Waals surface area contributed by atoms with Gasteiger partial charge in [0, 0.05) is 5.69 Å². The molecule has 2 aliphatic heterocycles. The van der Waals surface area contributed by atoms with E-state index in [2.05, 4.69) is 11.1 Å². The molecule has 2 aromatic rings. The molecule has 1 fully saturated rings. The lowest BCUT2D eigenvalue weighted by molar-refractivity contribution is 0.264. The zero-order chi connectivity index (χ0) is 17.1. The van der Waals surface area contributed by atoms with E-state index in [9.17, 15) is 5.26 Å². The molecule has 124 valence electrons. The second-order valence-corrected chi connectivity index (χ2v) is 5.80. The van der Waals surface area contributed by atoms with Gasteiger partial charge in [0.25, 0.3) is 0 Å². The van der Waals surface area contributed by atoms with Crippen molar-refractivity contribution in [1.29, 1.82) is 5.26 Å². The topological polar surface area (TPSA) is 57.9 Å². The Hall–Kier alpha value is -3.26. The smallest absolute Gasteiger partial charge is 0.233 e. The van der Waals surface area contributed by atoms with E-state index in [0.29, 0.717) is 37.1 Å². The fourth-order valence-electron chi connectivity index (χ4n) is 3.02. The average Bonchev–Trinajstić information content (AvgIpc) is 3.34.